The van der Waals surface area contributed by atoms with Crippen LogP contribution in [0.25, 0.3) is 11.1 Å². The normalized spacial score (nSPS) is 11.4. The minimum absolute atomic E-state index is 0.213. The van der Waals surface area contributed by atoms with Crippen LogP contribution in [-0.2, 0) is 21.2 Å². The molecule has 0 atom stereocenters. The van der Waals surface area contributed by atoms with Gasteiger partial charge in [0.15, 0.2) is 0 Å². The van der Waals surface area contributed by atoms with E-state index >= 15 is 0 Å². The average Bonchev–Trinajstić information content (AvgIpc) is 3.12. The Morgan fingerprint density at radius 1 is 1.03 bits per heavy atom. The van der Waals surface area contributed by atoms with Crippen LogP contribution in [0.15, 0.2) is 57.8 Å². The van der Waals surface area contributed by atoms with Crippen LogP contribution >= 0.6 is 0 Å². The minimum atomic E-state index is -3.78. The number of hydrogen-bond donors (Lipinski definition) is 0. The molecule has 0 N–H and O–H groups in total. The molecule has 0 amide bonds. The van der Waals surface area contributed by atoms with Gasteiger partial charge in [0, 0.05) is 18.2 Å². The number of unbranched alkanes of at least 4 members (excludes halogenated alkanes) is 1. The molecule has 0 unspecified atom stereocenters. The fourth-order valence-electron chi connectivity index (χ4n) is 3.66. The third-order valence-corrected chi connectivity index (χ3v) is 7.26. The average molecular weight is 456 g/mol. The number of rotatable bonds is 8. The number of furan rings is 1. The van der Waals surface area contributed by atoms with Gasteiger partial charge in [0.05, 0.1) is 17.6 Å². The van der Waals surface area contributed by atoms with Gasteiger partial charge in [-0.05, 0) is 56.5 Å². The third kappa shape index (κ3) is 4.58. The number of carbonyl (C=O) groups excluding carboxylic acids is 1. The largest absolute Gasteiger partial charge is 0.465 e. The van der Waals surface area contributed by atoms with Crippen LogP contribution in [0.4, 0.5) is 5.88 Å². The van der Waals surface area contributed by atoms with E-state index in [1.807, 2.05) is 26.0 Å². The fraction of sp³-hybridized carbons (Fsp3) is 0.320. The van der Waals surface area contributed by atoms with E-state index < -0.39 is 16.0 Å². The predicted octanol–water partition coefficient (Wildman–Crippen LogP) is 5.52. The summed E-state index contributed by atoms with van der Waals surface area (Å²) in [6.07, 6.45) is 2.52. The van der Waals surface area contributed by atoms with Gasteiger partial charge in [0.1, 0.15) is 5.76 Å². The summed E-state index contributed by atoms with van der Waals surface area (Å²) in [5.41, 5.74) is 4.00. The van der Waals surface area contributed by atoms with E-state index in [0.717, 1.165) is 35.1 Å². The maximum absolute atomic E-state index is 13.3. The number of hydrogen-bond acceptors (Lipinski definition) is 5. The Morgan fingerprint density at radius 2 is 1.66 bits per heavy atom. The van der Waals surface area contributed by atoms with Crippen LogP contribution in [0.2, 0.25) is 0 Å². The van der Waals surface area contributed by atoms with Crippen LogP contribution in [0.3, 0.4) is 0 Å². The summed E-state index contributed by atoms with van der Waals surface area (Å²) < 4.78 is 38.6. The van der Waals surface area contributed by atoms with Crippen molar-refractivity contribution >= 4 is 21.9 Å². The molecule has 32 heavy (non-hydrogen) atoms. The smallest absolute Gasteiger partial charge is 0.337 e. The quantitative estimate of drug-likeness (QED) is 0.418. The number of esters is 1. The second kappa shape index (κ2) is 9.61. The highest BCUT2D eigenvalue weighted by atomic mass is 32.2. The zero-order valence-electron chi connectivity index (χ0n) is 19.1. The molecule has 170 valence electrons. The molecule has 0 fully saturated rings. The summed E-state index contributed by atoms with van der Waals surface area (Å²) in [5, 5.41) is 0. The molecule has 7 heteroatoms. The van der Waals surface area contributed by atoms with Crippen molar-refractivity contribution in [2.24, 2.45) is 0 Å². The van der Waals surface area contributed by atoms with Gasteiger partial charge >= 0.3 is 5.97 Å². The summed E-state index contributed by atoms with van der Waals surface area (Å²) in [6.45, 7) is 5.83. The Bertz CT molecular complexity index is 1190. The van der Waals surface area contributed by atoms with Gasteiger partial charge in [0.2, 0.25) is 5.88 Å². The van der Waals surface area contributed by atoms with E-state index in [-0.39, 0.29) is 4.90 Å². The van der Waals surface area contributed by atoms with Crippen molar-refractivity contribution in [2.45, 2.75) is 44.9 Å². The molecule has 0 radical (unpaired) electrons. The molecule has 1 aromatic heterocycles. The van der Waals surface area contributed by atoms with E-state index in [0.29, 0.717) is 23.6 Å². The lowest BCUT2D eigenvalue weighted by Gasteiger charge is -2.19. The monoisotopic (exact) mass is 455 g/mol. The summed E-state index contributed by atoms with van der Waals surface area (Å²) in [7, 11) is -0.921. The number of ether oxygens (including phenoxy) is 1. The van der Waals surface area contributed by atoms with Crippen molar-refractivity contribution < 1.29 is 22.4 Å². The molecule has 3 rings (SSSR count). The Kier molecular flexibility index (Phi) is 7.09. The molecular formula is C25H29NO5S. The predicted molar refractivity (Wildman–Crippen MR) is 126 cm³/mol. The van der Waals surface area contributed by atoms with E-state index in [1.54, 1.807) is 36.4 Å². The van der Waals surface area contributed by atoms with Crippen molar-refractivity contribution in [3.63, 3.8) is 0 Å². The van der Waals surface area contributed by atoms with Crippen molar-refractivity contribution in [2.75, 3.05) is 18.5 Å². The van der Waals surface area contributed by atoms with E-state index in [1.165, 1.54) is 18.5 Å². The second-order valence-electron chi connectivity index (χ2n) is 7.78. The SMILES string of the molecule is CCCCc1c(N(C)S(=O)(=O)c2ccc(C)cc2)oc(C)c1-c1ccc(C(=O)OC)cc1. The fourth-order valence-corrected chi connectivity index (χ4v) is 4.82. The highest BCUT2D eigenvalue weighted by Crippen LogP contribution is 2.39. The van der Waals surface area contributed by atoms with Gasteiger partial charge in [0.25, 0.3) is 10.0 Å². The molecule has 3 aromatic rings. The molecule has 6 nitrogen and oxygen atoms in total. The second-order valence-corrected chi connectivity index (χ2v) is 9.74. The number of anilines is 1. The van der Waals surface area contributed by atoms with Crippen molar-refractivity contribution in [3.05, 3.63) is 71.0 Å². The zero-order valence-corrected chi connectivity index (χ0v) is 20.0. The number of methoxy groups -OCH3 is 1. The molecule has 0 aliphatic carbocycles. The van der Waals surface area contributed by atoms with Gasteiger partial charge in [-0.3, -0.25) is 0 Å². The van der Waals surface area contributed by atoms with Gasteiger partial charge < -0.3 is 9.15 Å². The molecule has 1 heterocycles. The lowest BCUT2D eigenvalue weighted by atomic mass is 9.97. The first kappa shape index (κ1) is 23.6. The van der Waals surface area contributed by atoms with Gasteiger partial charge in [-0.25, -0.2) is 17.5 Å². The minimum Gasteiger partial charge on any atom is -0.465 e. The van der Waals surface area contributed by atoms with Crippen LogP contribution in [-0.4, -0.2) is 28.5 Å². The lowest BCUT2D eigenvalue weighted by Crippen LogP contribution is -2.27. The Labute approximate surface area is 189 Å². The maximum Gasteiger partial charge on any atom is 0.337 e. The van der Waals surface area contributed by atoms with E-state index in [9.17, 15) is 13.2 Å². The van der Waals surface area contributed by atoms with Crippen molar-refractivity contribution in [1.82, 2.24) is 0 Å². The molecule has 0 saturated heterocycles. The first-order chi connectivity index (χ1) is 15.2. The van der Waals surface area contributed by atoms with Gasteiger partial charge in [-0.15, -0.1) is 0 Å². The topological polar surface area (TPSA) is 76.8 Å². The first-order valence-electron chi connectivity index (χ1n) is 10.6. The summed E-state index contributed by atoms with van der Waals surface area (Å²) in [5.74, 6) is 0.544. The van der Waals surface area contributed by atoms with Crippen LogP contribution in [0.5, 0.6) is 0 Å². The molecule has 0 aliphatic rings. The molecule has 0 bridgehead atoms. The van der Waals surface area contributed by atoms with Crippen LogP contribution in [0.1, 0.15) is 47.0 Å². The highest BCUT2D eigenvalue weighted by molar-refractivity contribution is 7.92. The number of benzene rings is 2. The summed E-state index contributed by atoms with van der Waals surface area (Å²) in [4.78, 5) is 12.0. The Morgan fingerprint density at radius 3 is 2.22 bits per heavy atom. The number of carbonyl (C=O) groups is 1. The third-order valence-electron chi connectivity index (χ3n) is 5.50. The molecule has 0 saturated carbocycles. The summed E-state index contributed by atoms with van der Waals surface area (Å²) in [6, 6.07) is 13.8. The zero-order chi connectivity index (χ0) is 23.5. The first-order valence-corrected chi connectivity index (χ1v) is 12.0. The molecule has 0 spiro atoms. The highest BCUT2D eigenvalue weighted by Gasteiger charge is 2.29. The molecule has 2 aromatic carbocycles. The van der Waals surface area contributed by atoms with Crippen LogP contribution in [0, 0.1) is 13.8 Å². The number of nitrogens with zero attached hydrogens (tertiary/aromatic N) is 1. The lowest BCUT2D eigenvalue weighted by molar-refractivity contribution is 0.0600. The number of aryl methyl sites for hydroxylation is 2. The summed E-state index contributed by atoms with van der Waals surface area (Å²) >= 11 is 0. The number of sulfonamides is 1. The van der Waals surface area contributed by atoms with Gasteiger partial charge in [-0.2, -0.15) is 0 Å². The molecular weight excluding hydrogens is 426 g/mol. The Balaban J connectivity index is 2.09. The maximum atomic E-state index is 13.3. The van der Waals surface area contributed by atoms with E-state index in [2.05, 4.69) is 6.92 Å². The van der Waals surface area contributed by atoms with Crippen LogP contribution < -0.4 is 4.31 Å². The van der Waals surface area contributed by atoms with Crippen molar-refractivity contribution in [1.29, 1.82) is 0 Å². The Hall–Kier alpha value is -3.06. The van der Waals surface area contributed by atoms with E-state index in [4.69, 9.17) is 9.15 Å². The molecule has 0 aliphatic heterocycles. The standard InChI is InChI=1S/C25H29NO5S/c1-6-7-8-22-23(19-11-13-20(14-12-19)25(27)30-5)18(3)31-24(22)26(4)32(28,29)21-15-9-17(2)10-16-21/h9-16H,6-8H2,1-5H3. The van der Waals surface area contributed by atoms with Crippen molar-refractivity contribution in [3.8, 4) is 11.1 Å². The van der Waals surface area contributed by atoms with Gasteiger partial charge in [-0.1, -0.05) is 43.2 Å².